The Bertz CT molecular complexity index is 548. The van der Waals surface area contributed by atoms with Crippen molar-refractivity contribution in [3.05, 3.63) is 52.1 Å². The molecule has 0 aliphatic rings. The third-order valence-electron chi connectivity index (χ3n) is 2.91. The van der Waals surface area contributed by atoms with E-state index in [0.29, 0.717) is 21.8 Å². The van der Waals surface area contributed by atoms with E-state index in [1.807, 2.05) is 6.07 Å². The summed E-state index contributed by atoms with van der Waals surface area (Å²) in [6.45, 7) is 1.71. The Morgan fingerprint density at radius 2 is 2.22 bits per heavy atom. The van der Waals surface area contributed by atoms with Crippen molar-refractivity contribution in [2.75, 3.05) is 0 Å². The lowest BCUT2D eigenvalue weighted by molar-refractivity contribution is 0.565. The minimum Gasteiger partial charge on any atom is -0.271 e. The molecule has 4 nitrogen and oxygen atoms in total. The summed E-state index contributed by atoms with van der Waals surface area (Å²) in [6.07, 6.45) is 1.53. The van der Waals surface area contributed by atoms with Crippen LogP contribution in [0, 0.1) is 12.7 Å². The van der Waals surface area contributed by atoms with Gasteiger partial charge >= 0.3 is 0 Å². The van der Waals surface area contributed by atoms with Crippen LogP contribution >= 0.6 is 11.6 Å². The Labute approximate surface area is 110 Å². The Morgan fingerprint density at radius 1 is 1.50 bits per heavy atom. The molecule has 6 heteroatoms. The highest BCUT2D eigenvalue weighted by Crippen LogP contribution is 2.28. The van der Waals surface area contributed by atoms with E-state index in [0.717, 1.165) is 0 Å². The smallest absolute Gasteiger partial charge is 0.126 e. The molecule has 1 heterocycles. The van der Waals surface area contributed by atoms with E-state index in [1.165, 1.54) is 12.3 Å². The average Bonchev–Trinajstić information content (AvgIpc) is 2.66. The standard InChI is InChI=1S/C12H14ClFN4/c1-7-3-4-8(5-10(7)14)11(17-15)12-9(13)6-16-18(12)2/h3-6,11,17H,15H2,1-2H3. The van der Waals surface area contributed by atoms with E-state index in [9.17, 15) is 4.39 Å². The second-order valence-electron chi connectivity index (χ2n) is 4.11. The molecule has 0 saturated heterocycles. The van der Waals surface area contributed by atoms with E-state index in [2.05, 4.69) is 10.5 Å². The zero-order valence-corrected chi connectivity index (χ0v) is 10.9. The van der Waals surface area contributed by atoms with Gasteiger partial charge in [0, 0.05) is 7.05 Å². The lowest BCUT2D eigenvalue weighted by atomic mass is 10.0. The van der Waals surface area contributed by atoms with Gasteiger partial charge in [0.25, 0.3) is 0 Å². The van der Waals surface area contributed by atoms with Crippen LogP contribution in [0.1, 0.15) is 22.9 Å². The topological polar surface area (TPSA) is 55.9 Å². The second kappa shape index (κ2) is 5.06. The molecule has 0 aliphatic heterocycles. The molecule has 96 valence electrons. The van der Waals surface area contributed by atoms with Crippen LogP contribution in [0.5, 0.6) is 0 Å². The van der Waals surface area contributed by atoms with Crippen molar-refractivity contribution in [3.63, 3.8) is 0 Å². The molecular formula is C12H14ClFN4. The summed E-state index contributed by atoms with van der Waals surface area (Å²) in [6, 6.07) is 4.56. The minimum absolute atomic E-state index is 0.272. The van der Waals surface area contributed by atoms with Gasteiger partial charge in [-0.05, 0) is 24.1 Å². The van der Waals surface area contributed by atoms with E-state index >= 15 is 0 Å². The molecule has 0 aliphatic carbocycles. The average molecular weight is 269 g/mol. The molecule has 0 bridgehead atoms. The Morgan fingerprint density at radius 3 is 2.72 bits per heavy atom. The van der Waals surface area contributed by atoms with Crippen LogP contribution in [0.4, 0.5) is 4.39 Å². The summed E-state index contributed by atoms with van der Waals surface area (Å²) in [5.74, 6) is 5.28. The molecule has 2 rings (SSSR count). The number of halogens is 2. The van der Waals surface area contributed by atoms with Gasteiger partial charge in [-0.1, -0.05) is 23.7 Å². The molecule has 0 spiro atoms. The van der Waals surface area contributed by atoms with Gasteiger partial charge < -0.3 is 0 Å². The van der Waals surface area contributed by atoms with Gasteiger partial charge in [0.05, 0.1) is 23.0 Å². The monoisotopic (exact) mass is 268 g/mol. The number of benzene rings is 1. The van der Waals surface area contributed by atoms with Gasteiger partial charge in [0.1, 0.15) is 5.82 Å². The lowest BCUT2D eigenvalue weighted by Gasteiger charge is -2.17. The molecule has 1 aromatic heterocycles. The van der Waals surface area contributed by atoms with Crippen molar-refractivity contribution in [2.24, 2.45) is 12.9 Å². The fourth-order valence-corrected chi connectivity index (χ4v) is 2.14. The number of aryl methyl sites for hydroxylation is 2. The summed E-state index contributed by atoms with van der Waals surface area (Å²) in [5, 5.41) is 4.53. The summed E-state index contributed by atoms with van der Waals surface area (Å²) in [7, 11) is 1.76. The lowest BCUT2D eigenvalue weighted by Crippen LogP contribution is -2.30. The number of nitrogens with two attached hydrogens (primary N) is 1. The number of nitrogens with zero attached hydrogens (tertiary/aromatic N) is 2. The van der Waals surface area contributed by atoms with Crippen LogP contribution in [0.3, 0.4) is 0 Å². The van der Waals surface area contributed by atoms with Crippen LogP contribution in [0.2, 0.25) is 5.02 Å². The predicted octanol–water partition coefficient (Wildman–Crippen LogP) is 2.07. The normalized spacial score (nSPS) is 12.7. The SMILES string of the molecule is Cc1ccc(C(NN)c2c(Cl)cnn2C)cc1F. The molecule has 18 heavy (non-hydrogen) atoms. The minimum atomic E-state index is -0.403. The molecule has 1 aromatic carbocycles. The third-order valence-corrected chi connectivity index (χ3v) is 3.20. The molecular weight excluding hydrogens is 255 g/mol. The van der Waals surface area contributed by atoms with Crippen molar-refractivity contribution < 1.29 is 4.39 Å². The van der Waals surface area contributed by atoms with Gasteiger partial charge in [-0.2, -0.15) is 5.10 Å². The van der Waals surface area contributed by atoms with Gasteiger partial charge in [-0.25, -0.2) is 9.82 Å². The van der Waals surface area contributed by atoms with Gasteiger partial charge in [0.2, 0.25) is 0 Å². The van der Waals surface area contributed by atoms with E-state index in [-0.39, 0.29) is 5.82 Å². The molecule has 3 N–H and O–H groups in total. The van der Waals surface area contributed by atoms with Gasteiger partial charge in [-0.15, -0.1) is 0 Å². The largest absolute Gasteiger partial charge is 0.271 e. The van der Waals surface area contributed by atoms with Crippen molar-refractivity contribution in [1.82, 2.24) is 15.2 Å². The molecule has 0 fully saturated rings. The maximum absolute atomic E-state index is 13.6. The first-order valence-electron chi connectivity index (χ1n) is 5.44. The van der Waals surface area contributed by atoms with Crippen molar-refractivity contribution >= 4 is 11.6 Å². The highest BCUT2D eigenvalue weighted by atomic mass is 35.5. The first-order chi connectivity index (χ1) is 8.54. The highest BCUT2D eigenvalue weighted by molar-refractivity contribution is 6.31. The number of hydrazine groups is 1. The number of hydrogen-bond acceptors (Lipinski definition) is 3. The van der Waals surface area contributed by atoms with Crippen LogP contribution in [0.25, 0.3) is 0 Å². The van der Waals surface area contributed by atoms with Crippen LogP contribution in [0.15, 0.2) is 24.4 Å². The van der Waals surface area contributed by atoms with Gasteiger partial charge in [0.15, 0.2) is 0 Å². The molecule has 0 amide bonds. The Kier molecular flexibility index (Phi) is 3.65. The highest BCUT2D eigenvalue weighted by Gasteiger charge is 2.20. The maximum atomic E-state index is 13.6. The number of rotatable bonds is 3. The quantitative estimate of drug-likeness (QED) is 0.662. The zero-order valence-electron chi connectivity index (χ0n) is 10.1. The maximum Gasteiger partial charge on any atom is 0.126 e. The fourth-order valence-electron chi connectivity index (χ4n) is 1.87. The fraction of sp³-hybridized carbons (Fsp3) is 0.250. The summed E-state index contributed by atoms with van der Waals surface area (Å²) in [4.78, 5) is 0. The van der Waals surface area contributed by atoms with Crippen molar-refractivity contribution in [2.45, 2.75) is 13.0 Å². The number of hydrogen-bond donors (Lipinski definition) is 2. The second-order valence-corrected chi connectivity index (χ2v) is 4.52. The summed E-state index contributed by atoms with van der Waals surface area (Å²) < 4.78 is 15.2. The molecule has 0 saturated carbocycles. The van der Waals surface area contributed by atoms with Crippen LogP contribution in [-0.2, 0) is 7.05 Å². The number of aromatic nitrogens is 2. The molecule has 1 unspecified atom stereocenters. The van der Waals surface area contributed by atoms with E-state index in [4.69, 9.17) is 17.4 Å². The summed E-state index contributed by atoms with van der Waals surface area (Å²) >= 11 is 6.07. The zero-order chi connectivity index (χ0) is 13.3. The Hall–Kier alpha value is -1.43. The van der Waals surface area contributed by atoms with E-state index in [1.54, 1.807) is 24.7 Å². The Balaban J connectivity index is 2.48. The molecule has 1 atom stereocenters. The van der Waals surface area contributed by atoms with E-state index < -0.39 is 6.04 Å². The van der Waals surface area contributed by atoms with Crippen molar-refractivity contribution in [3.8, 4) is 0 Å². The molecule has 2 aromatic rings. The molecule has 0 radical (unpaired) electrons. The third kappa shape index (κ3) is 2.25. The number of nitrogens with one attached hydrogen (secondary N) is 1. The summed E-state index contributed by atoms with van der Waals surface area (Å²) in [5.41, 5.74) is 4.62. The van der Waals surface area contributed by atoms with Crippen LogP contribution in [-0.4, -0.2) is 9.78 Å². The van der Waals surface area contributed by atoms with Crippen molar-refractivity contribution in [1.29, 1.82) is 0 Å². The first-order valence-corrected chi connectivity index (χ1v) is 5.82. The first kappa shape index (κ1) is 13.0. The predicted molar refractivity (Wildman–Crippen MR) is 68.5 cm³/mol. The van der Waals surface area contributed by atoms with Crippen LogP contribution < -0.4 is 11.3 Å². The van der Waals surface area contributed by atoms with Gasteiger partial charge in [-0.3, -0.25) is 10.5 Å².